The summed E-state index contributed by atoms with van der Waals surface area (Å²) in [5, 5.41) is 6.68. The first-order valence-electron chi connectivity index (χ1n) is 9.58. The molecule has 29 heavy (non-hydrogen) atoms. The lowest BCUT2D eigenvalue weighted by molar-refractivity contribution is -0.123. The number of nitrogens with one attached hydrogen (secondary N) is 2. The third kappa shape index (κ3) is 6.52. The standard InChI is InChI=1S/C23H28FN3O2/c1-15(2)20(26-21(28)17-8-12-19(24)13-9-17)22(29)27-25-14-16-6-10-18(11-7-16)23(3,4)5/h6-15,20H,1-5H3,(H,26,28)(H,27,29)/b25-14+. The Bertz CT molecular complexity index is 866. The van der Waals surface area contributed by atoms with Crippen LogP contribution in [0, 0.1) is 11.7 Å². The van der Waals surface area contributed by atoms with Crippen molar-refractivity contribution >= 4 is 18.0 Å². The van der Waals surface area contributed by atoms with Gasteiger partial charge in [0, 0.05) is 5.56 Å². The first kappa shape index (κ1) is 22.3. The number of carbonyl (C=O) groups is 2. The van der Waals surface area contributed by atoms with Gasteiger partial charge in [0.15, 0.2) is 0 Å². The highest BCUT2D eigenvalue weighted by Crippen LogP contribution is 2.21. The van der Waals surface area contributed by atoms with Crippen LogP contribution in [0.4, 0.5) is 4.39 Å². The Morgan fingerprint density at radius 2 is 1.59 bits per heavy atom. The molecule has 2 rings (SSSR count). The predicted octanol–water partition coefficient (Wildman–Crippen LogP) is 4.03. The second kappa shape index (κ2) is 9.45. The van der Waals surface area contributed by atoms with E-state index in [2.05, 4.69) is 36.6 Å². The predicted molar refractivity (Wildman–Crippen MR) is 113 cm³/mol. The Hall–Kier alpha value is -3.02. The maximum absolute atomic E-state index is 13.0. The van der Waals surface area contributed by atoms with Crippen molar-refractivity contribution < 1.29 is 14.0 Å². The van der Waals surface area contributed by atoms with Crippen LogP contribution >= 0.6 is 0 Å². The topological polar surface area (TPSA) is 70.6 Å². The van der Waals surface area contributed by atoms with E-state index in [9.17, 15) is 14.0 Å². The van der Waals surface area contributed by atoms with Crippen LogP contribution in [0.5, 0.6) is 0 Å². The van der Waals surface area contributed by atoms with E-state index in [1.807, 2.05) is 38.1 Å². The Labute approximate surface area is 171 Å². The number of halogens is 1. The molecule has 6 heteroatoms. The first-order valence-corrected chi connectivity index (χ1v) is 9.58. The summed E-state index contributed by atoms with van der Waals surface area (Å²) in [7, 11) is 0. The number of hydrazone groups is 1. The third-order valence-corrected chi connectivity index (χ3v) is 4.51. The lowest BCUT2D eigenvalue weighted by atomic mass is 9.87. The van der Waals surface area contributed by atoms with Crippen molar-refractivity contribution in [1.82, 2.24) is 10.7 Å². The maximum Gasteiger partial charge on any atom is 0.262 e. The fourth-order valence-electron chi connectivity index (χ4n) is 2.67. The van der Waals surface area contributed by atoms with Crippen LogP contribution in [-0.2, 0) is 10.2 Å². The summed E-state index contributed by atoms with van der Waals surface area (Å²) in [6, 6.07) is 12.3. The second-order valence-electron chi connectivity index (χ2n) is 8.31. The fraction of sp³-hybridized carbons (Fsp3) is 0.348. The molecule has 0 heterocycles. The highest BCUT2D eigenvalue weighted by Gasteiger charge is 2.24. The van der Waals surface area contributed by atoms with Crippen molar-refractivity contribution in [3.63, 3.8) is 0 Å². The third-order valence-electron chi connectivity index (χ3n) is 4.51. The highest BCUT2D eigenvalue weighted by atomic mass is 19.1. The minimum absolute atomic E-state index is 0.0666. The summed E-state index contributed by atoms with van der Waals surface area (Å²) >= 11 is 0. The van der Waals surface area contributed by atoms with Gasteiger partial charge in [-0.1, -0.05) is 58.9 Å². The van der Waals surface area contributed by atoms with Crippen molar-refractivity contribution in [3.8, 4) is 0 Å². The van der Waals surface area contributed by atoms with Crippen molar-refractivity contribution in [2.24, 2.45) is 11.0 Å². The smallest absolute Gasteiger partial charge is 0.262 e. The molecule has 5 nitrogen and oxygen atoms in total. The number of amides is 2. The fourth-order valence-corrected chi connectivity index (χ4v) is 2.67. The van der Waals surface area contributed by atoms with E-state index in [0.29, 0.717) is 0 Å². The van der Waals surface area contributed by atoms with E-state index < -0.39 is 23.7 Å². The van der Waals surface area contributed by atoms with Crippen LogP contribution in [0.15, 0.2) is 53.6 Å². The molecule has 0 fully saturated rings. The van der Waals surface area contributed by atoms with Crippen molar-refractivity contribution in [1.29, 1.82) is 0 Å². The van der Waals surface area contributed by atoms with Gasteiger partial charge in [0.05, 0.1) is 6.21 Å². The molecule has 0 bridgehead atoms. The van der Waals surface area contributed by atoms with Gasteiger partial charge in [0.1, 0.15) is 11.9 Å². The lowest BCUT2D eigenvalue weighted by Gasteiger charge is -2.20. The summed E-state index contributed by atoms with van der Waals surface area (Å²) in [6.07, 6.45) is 1.56. The molecule has 154 valence electrons. The van der Waals surface area contributed by atoms with Gasteiger partial charge in [-0.05, 0) is 46.7 Å². The molecule has 0 spiro atoms. The number of benzene rings is 2. The molecule has 0 saturated carbocycles. The van der Waals surface area contributed by atoms with Gasteiger partial charge in [-0.3, -0.25) is 9.59 Å². The van der Waals surface area contributed by atoms with E-state index in [1.165, 1.54) is 29.8 Å². The van der Waals surface area contributed by atoms with Crippen LogP contribution < -0.4 is 10.7 Å². The van der Waals surface area contributed by atoms with Gasteiger partial charge in [0.2, 0.25) is 0 Å². The minimum atomic E-state index is -0.770. The largest absolute Gasteiger partial charge is 0.340 e. The van der Waals surface area contributed by atoms with Crippen LogP contribution in [-0.4, -0.2) is 24.1 Å². The summed E-state index contributed by atoms with van der Waals surface area (Å²) in [6.45, 7) is 10.1. The molecule has 0 aliphatic heterocycles. The second-order valence-corrected chi connectivity index (χ2v) is 8.31. The Morgan fingerprint density at radius 1 is 1.00 bits per heavy atom. The number of nitrogens with zero attached hydrogens (tertiary/aromatic N) is 1. The molecule has 1 unspecified atom stereocenters. The van der Waals surface area contributed by atoms with Gasteiger partial charge >= 0.3 is 0 Å². The molecule has 1 atom stereocenters. The van der Waals surface area contributed by atoms with Crippen molar-refractivity contribution in [2.75, 3.05) is 0 Å². The Morgan fingerprint density at radius 3 is 2.10 bits per heavy atom. The van der Waals surface area contributed by atoms with Gasteiger partial charge in [-0.15, -0.1) is 0 Å². The van der Waals surface area contributed by atoms with Gasteiger partial charge in [-0.2, -0.15) is 5.10 Å². The molecule has 0 aromatic heterocycles. The molecule has 0 aliphatic carbocycles. The first-order chi connectivity index (χ1) is 13.6. The summed E-state index contributed by atoms with van der Waals surface area (Å²) in [4.78, 5) is 24.8. The zero-order chi connectivity index (χ0) is 21.6. The van der Waals surface area contributed by atoms with Gasteiger partial charge < -0.3 is 5.32 Å². The Balaban J connectivity index is 1.99. The molecular weight excluding hydrogens is 369 g/mol. The molecule has 0 radical (unpaired) electrons. The number of hydrogen-bond donors (Lipinski definition) is 2. The zero-order valence-corrected chi connectivity index (χ0v) is 17.5. The molecular formula is C23H28FN3O2. The van der Waals surface area contributed by atoms with Crippen LogP contribution in [0.1, 0.15) is 56.1 Å². The number of hydrogen-bond acceptors (Lipinski definition) is 3. The Kier molecular flexibility index (Phi) is 7.26. The summed E-state index contributed by atoms with van der Waals surface area (Å²) < 4.78 is 13.0. The van der Waals surface area contributed by atoms with Gasteiger partial charge in [-0.25, -0.2) is 9.82 Å². The quantitative estimate of drug-likeness (QED) is 0.571. The normalized spacial score (nSPS) is 12.8. The van der Waals surface area contributed by atoms with E-state index in [1.54, 1.807) is 6.21 Å². The average Bonchev–Trinajstić information content (AvgIpc) is 2.65. The van der Waals surface area contributed by atoms with Crippen molar-refractivity contribution in [2.45, 2.75) is 46.1 Å². The molecule has 2 N–H and O–H groups in total. The summed E-state index contributed by atoms with van der Waals surface area (Å²) in [5.41, 5.74) is 4.90. The number of carbonyl (C=O) groups excluding carboxylic acids is 2. The van der Waals surface area contributed by atoms with E-state index in [-0.39, 0.29) is 16.9 Å². The minimum Gasteiger partial charge on any atom is -0.340 e. The highest BCUT2D eigenvalue weighted by molar-refractivity contribution is 5.97. The molecule has 0 saturated heterocycles. The van der Waals surface area contributed by atoms with Crippen LogP contribution in [0.25, 0.3) is 0 Å². The van der Waals surface area contributed by atoms with E-state index in [0.717, 1.165) is 5.56 Å². The van der Waals surface area contributed by atoms with E-state index in [4.69, 9.17) is 0 Å². The zero-order valence-electron chi connectivity index (χ0n) is 17.5. The molecule has 2 amide bonds. The molecule has 0 aliphatic rings. The van der Waals surface area contributed by atoms with Gasteiger partial charge in [0.25, 0.3) is 11.8 Å². The maximum atomic E-state index is 13.0. The van der Waals surface area contributed by atoms with E-state index >= 15 is 0 Å². The molecule has 2 aromatic rings. The lowest BCUT2D eigenvalue weighted by Crippen LogP contribution is -2.48. The van der Waals surface area contributed by atoms with Crippen LogP contribution in [0.3, 0.4) is 0 Å². The monoisotopic (exact) mass is 397 g/mol. The number of rotatable bonds is 6. The summed E-state index contributed by atoms with van der Waals surface area (Å²) in [5.74, 6) is -1.44. The molecule has 2 aromatic carbocycles. The van der Waals surface area contributed by atoms with Crippen molar-refractivity contribution in [3.05, 3.63) is 71.0 Å². The average molecular weight is 397 g/mol. The van der Waals surface area contributed by atoms with Crippen LogP contribution in [0.2, 0.25) is 0 Å². The SMILES string of the molecule is CC(C)C(NC(=O)c1ccc(F)cc1)C(=O)N/N=C/c1ccc(C(C)(C)C)cc1.